The predicted molar refractivity (Wildman–Crippen MR) is 46.6 cm³/mol. The number of ether oxygens (including phenoxy) is 1. The number of amides is 1. The Morgan fingerprint density at radius 2 is 1.67 bits per heavy atom. The zero-order chi connectivity index (χ0) is 14.1. The molecule has 1 aromatic carbocycles. The van der Waals surface area contributed by atoms with E-state index in [9.17, 15) is 31.1 Å². The Morgan fingerprint density at radius 3 is 2.06 bits per heavy atom. The molecule has 18 heavy (non-hydrogen) atoms. The maximum atomic E-state index is 12.5. The second-order valence-corrected chi connectivity index (χ2v) is 3.09. The number of benzene rings is 1. The van der Waals surface area contributed by atoms with Gasteiger partial charge in [-0.2, -0.15) is 13.2 Å². The first-order valence-corrected chi connectivity index (χ1v) is 4.28. The van der Waals surface area contributed by atoms with Crippen molar-refractivity contribution < 1.29 is 35.9 Å². The summed E-state index contributed by atoms with van der Waals surface area (Å²) in [6, 6.07) is 1.68. The summed E-state index contributed by atoms with van der Waals surface area (Å²) < 4.78 is 76.6. The largest absolute Gasteiger partial charge is 0.573 e. The van der Waals surface area contributed by atoms with Crippen molar-refractivity contribution in [3.63, 3.8) is 0 Å². The van der Waals surface area contributed by atoms with Gasteiger partial charge in [-0.15, -0.1) is 13.2 Å². The highest BCUT2D eigenvalue weighted by Gasteiger charge is 2.39. The molecular formula is C9H5F6NO2. The van der Waals surface area contributed by atoms with Crippen LogP contribution in [0.2, 0.25) is 0 Å². The number of halogens is 6. The van der Waals surface area contributed by atoms with Gasteiger partial charge in [-0.3, -0.25) is 4.79 Å². The molecule has 0 aliphatic heterocycles. The molecule has 1 amide bonds. The van der Waals surface area contributed by atoms with E-state index < -0.39 is 35.3 Å². The summed E-state index contributed by atoms with van der Waals surface area (Å²) in [5.41, 5.74) is 1.70. The molecule has 0 radical (unpaired) electrons. The number of carbonyl (C=O) groups excluding carboxylic acids is 1. The Kier molecular flexibility index (Phi) is 3.45. The Morgan fingerprint density at radius 1 is 1.11 bits per heavy atom. The number of rotatable bonds is 2. The van der Waals surface area contributed by atoms with Gasteiger partial charge in [-0.1, -0.05) is 6.07 Å². The average molecular weight is 273 g/mol. The lowest BCUT2D eigenvalue weighted by Crippen LogP contribution is -2.24. The maximum Gasteiger partial charge on any atom is 0.573 e. The van der Waals surface area contributed by atoms with E-state index in [1.165, 1.54) is 0 Å². The van der Waals surface area contributed by atoms with Crippen molar-refractivity contribution in [1.29, 1.82) is 0 Å². The monoisotopic (exact) mass is 273 g/mol. The second-order valence-electron chi connectivity index (χ2n) is 3.09. The van der Waals surface area contributed by atoms with E-state index in [2.05, 4.69) is 10.5 Å². The molecule has 0 unspecified atom stereocenters. The van der Waals surface area contributed by atoms with Crippen molar-refractivity contribution in [2.45, 2.75) is 12.5 Å². The third-order valence-electron chi connectivity index (χ3n) is 1.80. The summed E-state index contributed by atoms with van der Waals surface area (Å²) in [6.45, 7) is 0. The summed E-state index contributed by atoms with van der Waals surface area (Å²) in [5.74, 6) is -2.95. The summed E-state index contributed by atoms with van der Waals surface area (Å²) in [6.07, 6.45) is -10.2. The van der Waals surface area contributed by atoms with Crippen molar-refractivity contribution in [2.75, 3.05) is 0 Å². The van der Waals surface area contributed by atoms with Crippen LogP contribution in [0.4, 0.5) is 26.3 Å². The summed E-state index contributed by atoms with van der Waals surface area (Å²) in [5, 5.41) is 0. The molecule has 0 atom stereocenters. The van der Waals surface area contributed by atoms with E-state index in [0.717, 1.165) is 0 Å². The topological polar surface area (TPSA) is 52.3 Å². The first kappa shape index (κ1) is 14.1. The van der Waals surface area contributed by atoms with Crippen molar-refractivity contribution in [3.05, 3.63) is 29.3 Å². The van der Waals surface area contributed by atoms with E-state index in [1.54, 1.807) is 0 Å². The Hall–Kier alpha value is -1.93. The predicted octanol–water partition coefficient (Wildman–Crippen LogP) is 2.70. The lowest BCUT2D eigenvalue weighted by molar-refractivity contribution is -0.274. The van der Waals surface area contributed by atoms with E-state index in [4.69, 9.17) is 0 Å². The molecule has 2 N–H and O–H groups in total. The van der Waals surface area contributed by atoms with Crippen LogP contribution in [0.3, 0.4) is 0 Å². The van der Waals surface area contributed by atoms with Gasteiger partial charge in [0.05, 0.1) is 11.1 Å². The van der Waals surface area contributed by atoms with E-state index in [0.29, 0.717) is 18.2 Å². The zero-order valence-corrected chi connectivity index (χ0v) is 8.39. The molecule has 3 nitrogen and oxygen atoms in total. The number of hydrogen-bond donors (Lipinski definition) is 1. The molecule has 0 spiro atoms. The minimum atomic E-state index is -5.23. The lowest BCUT2D eigenvalue weighted by Gasteiger charge is -2.16. The normalized spacial score (nSPS) is 12.3. The van der Waals surface area contributed by atoms with Crippen LogP contribution in [0, 0.1) is 0 Å². The smallest absolute Gasteiger partial charge is 0.405 e. The summed E-state index contributed by atoms with van der Waals surface area (Å²) in [7, 11) is 0. The van der Waals surface area contributed by atoms with Crippen molar-refractivity contribution in [1.82, 2.24) is 0 Å². The standard InChI is InChI=1S/C9H5F6NO2/c10-8(11,12)4-2-1-3-5(6(4)7(16)17)18-9(13,14)15/h1-3H,(H2,16,17). The van der Waals surface area contributed by atoms with Gasteiger partial charge in [0, 0.05) is 0 Å². The van der Waals surface area contributed by atoms with Gasteiger partial charge in [0.1, 0.15) is 5.75 Å². The van der Waals surface area contributed by atoms with Gasteiger partial charge in [-0.25, -0.2) is 0 Å². The SMILES string of the molecule is NC(=O)c1c(OC(F)(F)F)cccc1C(F)(F)F. The summed E-state index contributed by atoms with van der Waals surface area (Å²) >= 11 is 0. The molecule has 1 rings (SSSR count). The van der Waals surface area contributed by atoms with Crippen LogP contribution in [0.25, 0.3) is 0 Å². The minimum Gasteiger partial charge on any atom is -0.405 e. The molecule has 0 saturated carbocycles. The fraction of sp³-hybridized carbons (Fsp3) is 0.222. The third kappa shape index (κ3) is 3.28. The second kappa shape index (κ2) is 4.39. The van der Waals surface area contributed by atoms with Gasteiger partial charge in [0.25, 0.3) is 5.91 Å². The molecule has 100 valence electrons. The van der Waals surface area contributed by atoms with Gasteiger partial charge in [0.2, 0.25) is 0 Å². The van der Waals surface area contributed by atoms with E-state index in [-0.39, 0.29) is 0 Å². The quantitative estimate of drug-likeness (QED) is 0.842. The van der Waals surface area contributed by atoms with Gasteiger partial charge in [0.15, 0.2) is 0 Å². The fourth-order valence-corrected chi connectivity index (χ4v) is 1.23. The molecule has 0 bridgehead atoms. The van der Waals surface area contributed by atoms with Crippen LogP contribution in [0.15, 0.2) is 18.2 Å². The van der Waals surface area contributed by atoms with Gasteiger partial charge in [-0.05, 0) is 12.1 Å². The highest BCUT2D eigenvalue weighted by Crippen LogP contribution is 2.37. The van der Waals surface area contributed by atoms with E-state index >= 15 is 0 Å². The van der Waals surface area contributed by atoms with Gasteiger partial charge < -0.3 is 10.5 Å². The molecule has 0 heterocycles. The first-order valence-electron chi connectivity index (χ1n) is 4.28. The molecule has 0 aromatic heterocycles. The molecule has 0 aliphatic carbocycles. The van der Waals surface area contributed by atoms with Crippen LogP contribution in [-0.2, 0) is 6.18 Å². The van der Waals surface area contributed by atoms with Crippen LogP contribution in [0.5, 0.6) is 5.75 Å². The highest BCUT2D eigenvalue weighted by molar-refractivity contribution is 5.97. The average Bonchev–Trinajstić information content (AvgIpc) is 2.12. The number of hydrogen-bond acceptors (Lipinski definition) is 2. The maximum absolute atomic E-state index is 12.5. The fourth-order valence-electron chi connectivity index (χ4n) is 1.23. The Bertz CT molecular complexity index is 465. The molecule has 0 aliphatic rings. The number of carbonyl (C=O) groups is 1. The Labute approximate surface area is 96.1 Å². The third-order valence-corrected chi connectivity index (χ3v) is 1.80. The number of primary amides is 1. The first-order chi connectivity index (χ1) is 8.02. The molecular weight excluding hydrogens is 268 g/mol. The van der Waals surface area contributed by atoms with Crippen molar-refractivity contribution in [2.24, 2.45) is 5.73 Å². The summed E-state index contributed by atoms with van der Waals surface area (Å²) in [4.78, 5) is 10.8. The minimum absolute atomic E-state index is 0.434. The number of alkyl halides is 6. The van der Waals surface area contributed by atoms with Crippen molar-refractivity contribution in [3.8, 4) is 5.75 Å². The Balaban J connectivity index is 3.41. The van der Waals surface area contributed by atoms with Crippen LogP contribution < -0.4 is 10.5 Å². The van der Waals surface area contributed by atoms with E-state index in [1.807, 2.05) is 0 Å². The van der Waals surface area contributed by atoms with Crippen LogP contribution in [0.1, 0.15) is 15.9 Å². The van der Waals surface area contributed by atoms with Crippen LogP contribution in [-0.4, -0.2) is 12.3 Å². The van der Waals surface area contributed by atoms with Crippen molar-refractivity contribution >= 4 is 5.91 Å². The van der Waals surface area contributed by atoms with Gasteiger partial charge >= 0.3 is 12.5 Å². The molecule has 1 aromatic rings. The number of nitrogens with two attached hydrogens (primary N) is 1. The highest BCUT2D eigenvalue weighted by atomic mass is 19.4. The molecule has 0 fully saturated rings. The van der Waals surface area contributed by atoms with Crippen LogP contribution >= 0.6 is 0 Å². The molecule has 0 saturated heterocycles. The molecule has 9 heteroatoms. The lowest BCUT2D eigenvalue weighted by atomic mass is 10.1. The zero-order valence-electron chi connectivity index (χ0n) is 8.39.